The first-order valence-electron chi connectivity index (χ1n) is 12.4. The lowest BCUT2D eigenvalue weighted by molar-refractivity contribution is -0.385. The number of rotatable bonds is 5. The van der Waals surface area contributed by atoms with E-state index in [0.29, 0.717) is 38.9 Å². The van der Waals surface area contributed by atoms with Crippen molar-refractivity contribution in [2.75, 3.05) is 0 Å². The van der Waals surface area contributed by atoms with Gasteiger partial charge in [0.15, 0.2) is 5.65 Å². The van der Waals surface area contributed by atoms with E-state index in [1.54, 1.807) is 39.2 Å². The van der Waals surface area contributed by atoms with Crippen molar-refractivity contribution in [2.45, 2.75) is 57.4 Å². The van der Waals surface area contributed by atoms with Crippen LogP contribution in [0.1, 0.15) is 70.9 Å². The van der Waals surface area contributed by atoms with E-state index < -0.39 is 36.1 Å². The number of aryl methyl sites for hydroxylation is 1. The minimum Gasteiger partial charge on any atom is -0.434 e. The molecule has 0 saturated carbocycles. The maximum atomic E-state index is 13.4. The van der Waals surface area contributed by atoms with Crippen LogP contribution in [-0.2, 0) is 5.54 Å². The second-order valence-electron chi connectivity index (χ2n) is 10.5. The van der Waals surface area contributed by atoms with Gasteiger partial charge in [0.1, 0.15) is 11.6 Å². The number of carbonyl (C=O) groups is 1. The fourth-order valence-corrected chi connectivity index (χ4v) is 5.57. The van der Waals surface area contributed by atoms with Crippen LogP contribution in [0.25, 0.3) is 16.9 Å². The Morgan fingerprint density at radius 3 is 2.52 bits per heavy atom. The van der Waals surface area contributed by atoms with E-state index in [0.717, 1.165) is 0 Å². The van der Waals surface area contributed by atoms with Crippen molar-refractivity contribution in [3.05, 3.63) is 70.6 Å². The number of hydrogen-bond donors (Lipinski definition) is 4. The number of nitrogens with two attached hydrogens (primary N) is 1. The molecule has 1 aliphatic carbocycles. The second kappa shape index (κ2) is 8.69. The smallest absolute Gasteiger partial charge is 0.387 e. The number of alkyl halides is 2. The van der Waals surface area contributed by atoms with Crippen LogP contribution < -0.4 is 10.5 Å². The summed E-state index contributed by atoms with van der Waals surface area (Å²) in [5, 5.41) is 35.1. The van der Waals surface area contributed by atoms with E-state index in [9.17, 15) is 28.9 Å². The first kappa shape index (κ1) is 26.1. The van der Waals surface area contributed by atoms with Gasteiger partial charge in [-0.1, -0.05) is 6.07 Å². The molecule has 0 spiro atoms. The number of ether oxygens (including phenoxy) is 1. The molecule has 2 bridgehead atoms. The number of hydrogen-bond acceptors (Lipinski definition) is 10. The molecule has 4 aromatic rings. The number of fused-ring (bicyclic) bond motifs is 9. The summed E-state index contributed by atoms with van der Waals surface area (Å²) in [6.07, 6.45) is -0.307. The third-order valence-electron chi connectivity index (χ3n) is 7.22. The number of aromatic nitrogens is 5. The summed E-state index contributed by atoms with van der Waals surface area (Å²) in [5.41, 5.74) is 8.18. The molecular weight excluding hydrogens is 528 g/mol. The molecule has 0 saturated heterocycles. The van der Waals surface area contributed by atoms with Crippen LogP contribution in [0.4, 0.5) is 8.78 Å². The largest absolute Gasteiger partial charge is 0.434 e. The van der Waals surface area contributed by atoms with Gasteiger partial charge in [-0.25, -0.2) is 19.5 Å². The Morgan fingerprint density at radius 1 is 1.12 bits per heavy atom. The van der Waals surface area contributed by atoms with Gasteiger partial charge < -0.3 is 25.8 Å². The molecule has 14 heteroatoms. The molecule has 12 nitrogen and oxygen atoms in total. The lowest BCUT2D eigenvalue weighted by Gasteiger charge is -2.34. The van der Waals surface area contributed by atoms with Gasteiger partial charge >= 0.3 is 12.7 Å². The SMILES string of the molecule is Cc1nc(C(C)(C)N)ncc1-c1ccn2nc3c(c2n1)C1CC3N(C(O)(O)O)C(=O)c2cccc(OC(F)F)c21. The summed E-state index contributed by atoms with van der Waals surface area (Å²) in [6, 6.07) is 4.56. The van der Waals surface area contributed by atoms with Crippen LogP contribution in [0, 0.1) is 6.92 Å². The van der Waals surface area contributed by atoms with Crippen LogP contribution in [0.5, 0.6) is 5.75 Å². The van der Waals surface area contributed by atoms with Gasteiger partial charge in [-0.2, -0.15) is 13.9 Å². The van der Waals surface area contributed by atoms with Crippen molar-refractivity contribution in [3.63, 3.8) is 0 Å². The normalized spacial score (nSPS) is 18.8. The highest BCUT2D eigenvalue weighted by molar-refractivity contribution is 5.98. The summed E-state index contributed by atoms with van der Waals surface area (Å²) in [7, 11) is 0. The lowest BCUT2D eigenvalue weighted by atomic mass is 9.89. The van der Waals surface area contributed by atoms with E-state index >= 15 is 0 Å². The zero-order valence-electron chi connectivity index (χ0n) is 21.6. The van der Waals surface area contributed by atoms with Crippen LogP contribution in [0.15, 0.2) is 36.7 Å². The molecule has 5 N–H and O–H groups in total. The molecule has 1 aromatic carbocycles. The Labute approximate surface area is 225 Å². The lowest BCUT2D eigenvalue weighted by Crippen LogP contribution is -2.53. The van der Waals surface area contributed by atoms with Crippen LogP contribution >= 0.6 is 0 Å². The number of carbonyl (C=O) groups excluding carboxylic acids is 1. The monoisotopic (exact) mass is 553 g/mol. The topological polar surface area (TPSA) is 172 Å². The molecule has 6 rings (SSSR count). The molecule has 2 aliphatic rings. The standard InChI is InChI=1S/C26H25F2N7O5/c1-11-14(10-30-23(31-11)25(2,3)29)15-7-8-34-21(32-15)19-13-9-16(20(19)33-34)35(26(37,38)39)22(36)12-5-4-6-17(18(12)13)40-24(27)28/h4-8,10,13,16,24,37-39H,9,29H2,1-3H3. The fourth-order valence-electron chi connectivity index (χ4n) is 5.57. The average molecular weight is 554 g/mol. The minimum atomic E-state index is -3.56. The Kier molecular flexibility index (Phi) is 5.68. The summed E-state index contributed by atoms with van der Waals surface area (Å²) in [6.45, 7) is 2.20. The highest BCUT2D eigenvalue weighted by Crippen LogP contribution is 2.54. The van der Waals surface area contributed by atoms with Gasteiger partial charge in [-0.3, -0.25) is 9.69 Å². The maximum Gasteiger partial charge on any atom is 0.387 e. The first-order valence-corrected chi connectivity index (χ1v) is 12.4. The second-order valence-corrected chi connectivity index (χ2v) is 10.5. The number of benzene rings is 1. The van der Waals surface area contributed by atoms with Crippen molar-refractivity contribution in [3.8, 4) is 17.0 Å². The third kappa shape index (κ3) is 3.99. The molecule has 2 atom stereocenters. The predicted molar refractivity (Wildman–Crippen MR) is 134 cm³/mol. The average Bonchev–Trinajstić information content (AvgIpc) is 3.35. The first-order chi connectivity index (χ1) is 18.8. The molecule has 1 amide bonds. The van der Waals surface area contributed by atoms with Crippen molar-refractivity contribution >= 4 is 11.6 Å². The van der Waals surface area contributed by atoms with E-state index in [1.807, 2.05) is 0 Å². The van der Waals surface area contributed by atoms with Gasteiger partial charge in [0.2, 0.25) is 0 Å². The van der Waals surface area contributed by atoms with Gasteiger partial charge in [0.05, 0.1) is 28.7 Å². The molecule has 0 fully saturated rings. The molecule has 2 unspecified atom stereocenters. The van der Waals surface area contributed by atoms with E-state index in [-0.39, 0.29) is 29.0 Å². The van der Waals surface area contributed by atoms with E-state index in [4.69, 9.17) is 15.5 Å². The van der Waals surface area contributed by atoms with Gasteiger partial charge in [0, 0.05) is 40.6 Å². The van der Waals surface area contributed by atoms with Gasteiger partial charge in [-0.15, -0.1) is 0 Å². The Bertz CT molecular complexity index is 1680. The summed E-state index contributed by atoms with van der Waals surface area (Å²) >= 11 is 0. The molecule has 40 heavy (non-hydrogen) atoms. The van der Waals surface area contributed by atoms with Crippen LogP contribution in [-0.4, -0.2) is 63.4 Å². The predicted octanol–water partition coefficient (Wildman–Crippen LogP) is 1.91. The van der Waals surface area contributed by atoms with Crippen molar-refractivity contribution in [1.82, 2.24) is 29.5 Å². The zero-order chi connectivity index (χ0) is 28.7. The molecule has 1 aliphatic heterocycles. The number of aliphatic hydroxyl groups is 3. The highest BCUT2D eigenvalue weighted by Gasteiger charge is 2.53. The minimum absolute atomic E-state index is 0.00821. The van der Waals surface area contributed by atoms with Gasteiger partial charge in [-0.05, 0) is 45.4 Å². The Morgan fingerprint density at radius 2 is 1.88 bits per heavy atom. The molecule has 208 valence electrons. The number of amides is 1. The van der Waals surface area contributed by atoms with Crippen LogP contribution in [0.2, 0.25) is 0 Å². The highest BCUT2D eigenvalue weighted by atomic mass is 19.3. The van der Waals surface area contributed by atoms with Crippen molar-refractivity contribution < 1.29 is 33.6 Å². The summed E-state index contributed by atoms with van der Waals surface area (Å²) in [5.74, 6) is -1.53. The summed E-state index contributed by atoms with van der Waals surface area (Å²) < 4.78 is 33.0. The van der Waals surface area contributed by atoms with Crippen molar-refractivity contribution in [1.29, 1.82) is 0 Å². The van der Waals surface area contributed by atoms with E-state index in [1.165, 1.54) is 22.7 Å². The molecular formula is C26H25F2N7O5. The Balaban J connectivity index is 1.58. The van der Waals surface area contributed by atoms with Crippen molar-refractivity contribution in [2.24, 2.45) is 5.73 Å². The molecule has 4 heterocycles. The van der Waals surface area contributed by atoms with E-state index in [2.05, 4.69) is 15.1 Å². The zero-order valence-corrected chi connectivity index (χ0v) is 21.6. The quantitative estimate of drug-likeness (QED) is 0.268. The molecule has 0 radical (unpaired) electrons. The maximum absolute atomic E-state index is 13.4. The Hall–Kier alpha value is -4.11. The molecule has 3 aromatic heterocycles. The fraction of sp³-hybridized carbons (Fsp3) is 0.346. The van der Waals surface area contributed by atoms with Gasteiger partial charge in [0.25, 0.3) is 5.91 Å². The number of halogens is 2. The third-order valence-corrected chi connectivity index (χ3v) is 7.22. The van der Waals surface area contributed by atoms with Crippen LogP contribution in [0.3, 0.4) is 0 Å². The summed E-state index contributed by atoms with van der Waals surface area (Å²) in [4.78, 5) is 27.6. The number of nitrogens with zero attached hydrogens (tertiary/aromatic N) is 6.